The molecule has 2 rings (SSSR count). The third-order valence-electron chi connectivity index (χ3n) is 1.71. The molecule has 0 atom stereocenters. The lowest BCUT2D eigenvalue weighted by molar-refractivity contribution is 0.464. The molecule has 1 aromatic carbocycles. The number of halogens is 1. The number of benzene rings is 1. The van der Waals surface area contributed by atoms with Crippen molar-refractivity contribution < 1.29 is 8.81 Å². The second kappa shape index (κ2) is 2.65. The number of hydrogen-bond donors (Lipinski definition) is 0. The second-order valence-corrected chi connectivity index (χ2v) is 2.65. The zero-order valence-corrected chi connectivity index (χ0v) is 6.87. The van der Waals surface area contributed by atoms with E-state index >= 15 is 0 Å². The van der Waals surface area contributed by atoms with E-state index in [1.165, 1.54) is 12.1 Å². The topological polar surface area (TPSA) is 43.1 Å². The predicted molar refractivity (Wildman–Crippen MR) is 45.0 cm³/mol. The van der Waals surface area contributed by atoms with Crippen LogP contribution in [-0.4, -0.2) is 4.98 Å². The van der Waals surface area contributed by atoms with E-state index in [1.54, 1.807) is 13.0 Å². The van der Waals surface area contributed by atoms with Crippen LogP contribution in [0.15, 0.2) is 27.4 Å². The molecular weight excluding hydrogens is 173 g/mol. The van der Waals surface area contributed by atoms with Crippen LogP contribution in [0.1, 0.15) is 5.89 Å². The van der Waals surface area contributed by atoms with Gasteiger partial charge in [0, 0.05) is 6.92 Å². The van der Waals surface area contributed by atoms with Gasteiger partial charge in [0.2, 0.25) is 0 Å². The van der Waals surface area contributed by atoms with Crippen molar-refractivity contribution in [1.29, 1.82) is 0 Å². The first kappa shape index (κ1) is 7.91. The van der Waals surface area contributed by atoms with Crippen LogP contribution < -0.4 is 5.63 Å². The van der Waals surface area contributed by atoms with Crippen LogP contribution in [0.2, 0.25) is 0 Å². The Hall–Kier alpha value is -1.71. The fraction of sp³-hybridized carbons (Fsp3) is 0.111. The van der Waals surface area contributed by atoms with Crippen molar-refractivity contribution in [3.05, 3.63) is 40.3 Å². The molecule has 13 heavy (non-hydrogen) atoms. The van der Waals surface area contributed by atoms with Gasteiger partial charge in [-0.25, -0.2) is 14.2 Å². The van der Waals surface area contributed by atoms with Crippen LogP contribution in [0.4, 0.5) is 4.39 Å². The normalized spacial score (nSPS) is 10.6. The van der Waals surface area contributed by atoms with Crippen molar-refractivity contribution in [3.63, 3.8) is 0 Å². The molecule has 0 unspecified atom stereocenters. The highest BCUT2D eigenvalue weighted by atomic mass is 19.1. The molecule has 0 saturated carbocycles. The lowest BCUT2D eigenvalue weighted by atomic mass is 10.2. The summed E-state index contributed by atoms with van der Waals surface area (Å²) in [5, 5.41) is -0.0897. The number of aromatic nitrogens is 1. The van der Waals surface area contributed by atoms with Gasteiger partial charge in [0.15, 0.2) is 5.89 Å². The molecule has 4 heteroatoms. The number of aryl methyl sites for hydroxylation is 1. The second-order valence-electron chi connectivity index (χ2n) is 2.65. The molecule has 0 aliphatic carbocycles. The van der Waals surface area contributed by atoms with Gasteiger partial charge in [-0.15, -0.1) is 0 Å². The van der Waals surface area contributed by atoms with Gasteiger partial charge >= 0.3 is 5.63 Å². The average Bonchev–Trinajstić information content (AvgIpc) is 2.02. The summed E-state index contributed by atoms with van der Waals surface area (Å²) >= 11 is 0. The molecular formula is C9H6FNO2. The summed E-state index contributed by atoms with van der Waals surface area (Å²) in [6.45, 7) is 1.55. The van der Waals surface area contributed by atoms with Crippen molar-refractivity contribution in [2.45, 2.75) is 6.92 Å². The first-order chi connectivity index (χ1) is 6.18. The summed E-state index contributed by atoms with van der Waals surface area (Å²) in [6, 6.07) is 4.28. The van der Waals surface area contributed by atoms with E-state index in [0.717, 1.165) is 0 Å². The van der Waals surface area contributed by atoms with Gasteiger partial charge in [-0.05, 0) is 12.1 Å². The van der Waals surface area contributed by atoms with Gasteiger partial charge < -0.3 is 4.42 Å². The van der Waals surface area contributed by atoms with E-state index < -0.39 is 11.4 Å². The summed E-state index contributed by atoms with van der Waals surface area (Å²) < 4.78 is 17.7. The maximum atomic E-state index is 13.1. The lowest BCUT2D eigenvalue weighted by Crippen LogP contribution is -2.04. The highest BCUT2D eigenvalue weighted by molar-refractivity contribution is 5.77. The van der Waals surface area contributed by atoms with Crippen molar-refractivity contribution in [3.8, 4) is 0 Å². The standard InChI is InChI=1S/C9H6FNO2/c1-5-11-7-4-2-3-6(10)8(7)9(12)13-5/h2-4H,1H3. The molecule has 0 spiro atoms. The van der Waals surface area contributed by atoms with Crippen LogP contribution in [0, 0.1) is 12.7 Å². The molecule has 2 aromatic rings. The Kier molecular flexibility index (Phi) is 1.62. The molecule has 0 bridgehead atoms. The van der Waals surface area contributed by atoms with E-state index in [-0.39, 0.29) is 11.3 Å². The molecule has 0 radical (unpaired) electrons. The molecule has 0 aliphatic heterocycles. The van der Waals surface area contributed by atoms with E-state index in [2.05, 4.69) is 9.40 Å². The van der Waals surface area contributed by atoms with Crippen LogP contribution in [0.3, 0.4) is 0 Å². The SMILES string of the molecule is Cc1nc2cccc(F)c2c(=O)o1. The number of nitrogens with zero attached hydrogens (tertiary/aromatic N) is 1. The zero-order chi connectivity index (χ0) is 9.42. The molecule has 0 saturated heterocycles. The van der Waals surface area contributed by atoms with Crippen molar-refractivity contribution in [1.82, 2.24) is 4.98 Å². The minimum absolute atomic E-state index is 0.0897. The van der Waals surface area contributed by atoms with E-state index in [1.807, 2.05) is 0 Å². The molecule has 0 fully saturated rings. The molecule has 1 heterocycles. The summed E-state index contributed by atoms with van der Waals surface area (Å²) in [6.07, 6.45) is 0. The maximum absolute atomic E-state index is 13.1. The summed E-state index contributed by atoms with van der Waals surface area (Å²) in [5.41, 5.74) is -0.352. The molecule has 0 N–H and O–H groups in total. The Labute approximate surface area is 72.8 Å². The van der Waals surface area contributed by atoms with E-state index in [9.17, 15) is 9.18 Å². The monoisotopic (exact) mass is 179 g/mol. The molecule has 0 aliphatic rings. The quantitative estimate of drug-likeness (QED) is 0.617. The van der Waals surface area contributed by atoms with Gasteiger partial charge in [-0.1, -0.05) is 6.07 Å². The van der Waals surface area contributed by atoms with Gasteiger partial charge in [-0.2, -0.15) is 0 Å². The number of hydrogen-bond acceptors (Lipinski definition) is 3. The first-order valence-electron chi connectivity index (χ1n) is 3.74. The smallest absolute Gasteiger partial charge is 0.349 e. The fourth-order valence-electron chi connectivity index (χ4n) is 1.19. The van der Waals surface area contributed by atoms with Gasteiger partial charge in [0.25, 0.3) is 0 Å². The van der Waals surface area contributed by atoms with Crippen LogP contribution >= 0.6 is 0 Å². The highest BCUT2D eigenvalue weighted by Gasteiger charge is 2.07. The maximum Gasteiger partial charge on any atom is 0.349 e. The van der Waals surface area contributed by atoms with E-state index in [4.69, 9.17) is 0 Å². The largest absolute Gasteiger partial charge is 0.408 e. The number of rotatable bonds is 0. The third kappa shape index (κ3) is 1.20. The summed E-state index contributed by atoms with van der Waals surface area (Å²) in [7, 11) is 0. The zero-order valence-electron chi connectivity index (χ0n) is 6.87. The first-order valence-corrected chi connectivity index (χ1v) is 3.74. The molecule has 0 amide bonds. The molecule has 3 nitrogen and oxygen atoms in total. The van der Waals surface area contributed by atoms with Crippen molar-refractivity contribution in [2.24, 2.45) is 0 Å². The third-order valence-corrected chi connectivity index (χ3v) is 1.71. The van der Waals surface area contributed by atoms with Crippen LogP contribution in [-0.2, 0) is 0 Å². The fourth-order valence-corrected chi connectivity index (χ4v) is 1.19. The Bertz CT molecular complexity index is 518. The Balaban J connectivity index is 3.03. The minimum Gasteiger partial charge on any atom is -0.408 e. The highest BCUT2D eigenvalue weighted by Crippen LogP contribution is 2.11. The Morgan fingerprint density at radius 2 is 2.23 bits per heavy atom. The molecule has 1 aromatic heterocycles. The minimum atomic E-state index is -0.680. The lowest BCUT2D eigenvalue weighted by Gasteiger charge is -1.96. The Morgan fingerprint density at radius 3 is 3.00 bits per heavy atom. The van der Waals surface area contributed by atoms with E-state index in [0.29, 0.717) is 5.52 Å². The van der Waals surface area contributed by atoms with Gasteiger partial charge in [-0.3, -0.25) is 0 Å². The predicted octanol–water partition coefficient (Wildman–Crippen LogP) is 1.64. The summed E-state index contributed by atoms with van der Waals surface area (Å²) in [5.74, 6) is -0.359. The summed E-state index contributed by atoms with van der Waals surface area (Å²) in [4.78, 5) is 15.1. The average molecular weight is 179 g/mol. The van der Waals surface area contributed by atoms with Gasteiger partial charge in [0.1, 0.15) is 11.2 Å². The van der Waals surface area contributed by atoms with Crippen molar-refractivity contribution >= 4 is 10.9 Å². The number of fused-ring (bicyclic) bond motifs is 1. The Morgan fingerprint density at radius 1 is 1.46 bits per heavy atom. The van der Waals surface area contributed by atoms with Crippen molar-refractivity contribution in [2.75, 3.05) is 0 Å². The van der Waals surface area contributed by atoms with Gasteiger partial charge in [0.05, 0.1) is 5.52 Å². The van der Waals surface area contributed by atoms with Crippen LogP contribution in [0.25, 0.3) is 10.9 Å². The van der Waals surface area contributed by atoms with Crippen LogP contribution in [0.5, 0.6) is 0 Å². The molecule has 66 valence electrons.